The van der Waals surface area contributed by atoms with E-state index in [1.807, 2.05) is 29.8 Å². The van der Waals surface area contributed by atoms with Crippen molar-refractivity contribution < 1.29 is 9.53 Å². The maximum absolute atomic E-state index is 11.8. The molecule has 1 atom stereocenters. The molecule has 1 amide bonds. The van der Waals surface area contributed by atoms with E-state index in [2.05, 4.69) is 10.3 Å². The second-order valence-corrected chi connectivity index (χ2v) is 6.03. The Kier molecular flexibility index (Phi) is 5.07. The second kappa shape index (κ2) is 6.79. The fourth-order valence-corrected chi connectivity index (χ4v) is 3.32. The van der Waals surface area contributed by atoms with Gasteiger partial charge in [0.05, 0.1) is 23.6 Å². The third-order valence-corrected chi connectivity index (χ3v) is 4.38. The molecular weight excluding hydrogens is 280 g/mol. The number of thiophene rings is 1. The Morgan fingerprint density at radius 1 is 1.53 bits per heavy atom. The molecule has 2 aromatic rings. The van der Waals surface area contributed by atoms with E-state index in [9.17, 15) is 4.79 Å². The molecule has 6 heteroatoms. The lowest BCUT2D eigenvalue weighted by molar-refractivity contribution is -0.121. The number of thiazole rings is 1. The lowest BCUT2D eigenvalue weighted by Gasteiger charge is -2.11. The van der Waals surface area contributed by atoms with Gasteiger partial charge in [0.2, 0.25) is 5.91 Å². The highest BCUT2D eigenvalue weighted by atomic mass is 32.1. The smallest absolute Gasteiger partial charge is 0.226 e. The number of nitrogens with zero attached hydrogens (tertiary/aromatic N) is 1. The van der Waals surface area contributed by atoms with Gasteiger partial charge >= 0.3 is 0 Å². The van der Waals surface area contributed by atoms with Crippen LogP contribution in [-0.4, -0.2) is 30.6 Å². The normalized spacial score (nSPS) is 12.3. The van der Waals surface area contributed by atoms with Crippen LogP contribution in [0.4, 0.5) is 0 Å². The molecule has 1 unspecified atom stereocenters. The summed E-state index contributed by atoms with van der Waals surface area (Å²) < 4.78 is 4.98. The number of rotatable bonds is 6. The van der Waals surface area contributed by atoms with Crippen molar-refractivity contribution in [3.8, 4) is 9.88 Å². The molecule has 0 aliphatic carbocycles. The summed E-state index contributed by atoms with van der Waals surface area (Å²) in [6.45, 7) is 2.43. The summed E-state index contributed by atoms with van der Waals surface area (Å²) >= 11 is 3.23. The van der Waals surface area contributed by atoms with Gasteiger partial charge in [-0.2, -0.15) is 0 Å². The number of amides is 1. The fraction of sp³-hybridized carbons (Fsp3) is 0.385. The van der Waals surface area contributed by atoms with Crippen LogP contribution < -0.4 is 5.32 Å². The maximum atomic E-state index is 11.8. The van der Waals surface area contributed by atoms with Gasteiger partial charge in [-0.1, -0.05) is 6.07 Å². The molecule has 0 aliphatic rings. The minimum atomic E-state index is -0.0208. The van der Waals surface area contributed by atoms with Crippen LogP contribution in [0.3, 0.4) is 0 Å². The van der Waals surface area contributed by atoms with Crippen molar-refractivity contribution in [2.45, 2.75) is 19.4 Å². The van der Waals surface area contributed by atoms with Crippen molar-refractivity contribution in [2.75, 3.05) is 13.7 Å². The van der Waals surface area contributed by atoms with Gasteiger partial charge in [0, 0.05) is 18.5 Å². The van der Waals surface area contributed by atoms with Gasteiger partial charge in [-0.3, -0.25) is 4.79 Å². The van der Waals surface area contributed by atoms with E-state index < -0.39 is 0 Å². The van der Waals surface area contributed by atoms with Crippen molar-refractivity contribution in [3.05, 3.63) is 28.6 Å². The maximum Gasteiger partial charge on any atom is 0.226 e. The molecule has 102 valence electrons. The van der Waals surface area contributed by atoms with E-state index >= 15 is 0 Å². The van der Waals surface area contributed by atoms with Crippen LogP contribution in [-0.2, 0) is 16.0 Å². The van der Waals surface area contributed by atoms with Gasteiger partial charge < -0.3 is 10.1 Å². The highest BCUT2D eigenvalue weighted by molar-refractivity contribution is 7.20. The number of carbonyl (C=O) groups is 1. The Balaban J connectivity index is 1.91. The standard InChI is InChI=1S/C13H16N2O2S2/c1-9(7-17-2)14-12(16)6-10-8-19-13(15-10)11-4-3-5-18-11/h3-5,8-9H,6-7H2,1-2H3,(H,14,16). The number of hydrogen-bond acceptors (Lipinski definition) is 5. The van der Waals surface area contributed by atoms with Gasteiger partial charge in [0.15, 0.2) is 0 Å². The molecule has 0 fully saturated rings. The van der Waals surface area contributed by atoms with E-state index in [4.69, 9.17) is 4.74 Å². The van der Waals surface area contributed by atoms with E-state index in [1.54, 1.807) is 29.8 Å². The van der Waals surface area contributed by atoms with E-state index in [1.165, 1.54) is 0 Å². The molecule has 0 aliphatic heterocycles. The molecule has 0 bridgehead atoms. The van der Waals surface area contributed by atoms with Crippen LogP contribution in [0, 0.1) is 0 Å². The summed E-state index contributed by atoms with van der Waals surface area (Å²) in [7, 11) is 1.62. The minimum Gasteiger partial charge on any atom is -0.383 e. The average Bonchev–Trinajstić information content (AvgIpc) is 2.98. The lowest BCUT2D eigenvalue weighted by Crippen LogP contribution is -2.36. The Morgan fingerprint density at radius 2 is 2.37 bits per heavy atom. The first-order valence-electron chi connectivity index (χ1n) is 5.95. The first-order valence-corrected chi connectivity index (χ1v) is 7.71. The van der Waals surface area contributed by atoms with Crippen LogP contribution >= 0.6 is 22.7 Å². The topological polar surface area (TPSA) is 51.2 Å². The van der Waals surface area contributed by atoms with Gasteiger partial charge in [-0.15, -0.1) is 22.7 Å². The molecule has 2 heterocycles. The zero-order valence-corrected chi connectivity index (χ0v) is 12.5. The quantitative estimate of drug-likeness (QED) is 0.891. The van der Waals surface area contributed by atoms with Gasteiger partial charge in [0.25, 0.3) is 0 Å². The lowest BCUT2D eigenvalue weighted by atomic mass is 10.3. The molecule has 1 N–H and O–H groups in total. The van der Waals surface area contributed by atoms with E-state index in [0.717, 1.165) is 15.6 Å². The molecule has 0 aromatic carbocycles. The highest BCUT2D eigenvalue weighted by Gasteiger charge is 2.11. The summed E-state index contributed by atoms with van der Waals surface area (Å²) in [6, 6.07) is 4.06. The second-order valence-electron chi connectivity index (χ2n) is 4.22. The molecule has 19 heavy (non-hydrogen) atoms. The van der Waals surface area contributed by atoms with Crippen molar-refractivity contribution in [2.24, 2.45) is 0 Å². The van der Waals surface area contributed by atoms with Crippen LogP contribution in [0.15, 0.2) is 22.9 Å². The van der Waals surface area contributed by atoms with Crippen LogP contribution in [0.25, 0.3) is 9.88 Å². The monoisotopic (exact) mass is 296 g/mol. The summed E-state index contributed by atoms with van der Waals surface area (Å²) in [5, 5.41) is 7.81. The zero-order valence-electron chi connectivity index (χ0n) is 10.9. The number of hydrogen-bond donors (Lipinski definition) is 1. The number of aromatic nitrogens is 1. The molecule has 0 radical (unpaired) electrons. The summed E-state index contributed by atoms with van der Waals surface area (Å²) in [4.78, 5) is 17.4. The molecular formula is C13H16N2O2S2. The largest absolute Gasteiger partial charge is 0.383 e. The zero-order chi connectivity index (χ0) is 13.7. The molecule has 0 saturated carbocycles. The third-order valence-electron chi connectivity index (χ3n) is 2.45. The predicted molar refractivity (Wildman–Crippen MR) is 78.6 cm³/mol. The Morgan fingerprint density at radius 3 is 3.05 bits per heavy atom. The van der Waals surface area contributed by atoms with Crippen LogP contribution in [0.5, 0.6) is 0 Å². The Bertz CT molecular complexity index is 522. The van der Waals surface area contributed by atoms with Gasteiger partial charge in [-0.25, -0.2) is 4.98 Å². The number of nitrogens with one attached hydrogen (secondary N) is 1. The first kappa shape index (κ1) is 14.2. The van der Waals surface area contributed by atoms with Crippen molar-refractivity contribution >= 4 is 28.6 Å². The van der Waals surface area contributed by atoms with Crippen LogP contribution in [0.2, 0.25) is 0 Å². The SMILES string of the molecule is COCC(C)NC(=O)Cc1csc(-c2cccs2)n1. The summed E-state index contributed by atoms with van der Waals surface area (Å²) in [5.41, 5.74) is 0.815. The Labute approximate surface area is 120 Å². The van der Waals surface area contributed by atoms with Gasteiger partial charge in [-0.05, 0) is 18.4 Å². The van der Waals surface area contributed by atoms with Crippen molar-refractivity contribution in [1.82, 2.24) is 10.3 Å². The van der Waals surface area contributed by atoms with E-state index in [-0.39, 0.29) is 11.9 Å². The highest BCUT2D eigenvalue weighted by Crippen LogP contribution is 2.27. The predicted octanol–water partition coefficient (Wildman–Crippen LogP) is 2.57. The van der Waals surface area contributed by atoms with Crippen molar-refractivity contribution in [3.63, 3.8) is 0 Å². The van der Waals surface area contributed by atoms with Gasteiger partial charge in [0.1, 0.15) is 5.01 Å². The first-order chi connectivity index (χ1) is 9.19. The molecule has 2 rings (SSSR count). The Hall–Kier alpha value is -1.24. The summed E-state index contributed by atoms with van der Waals surface area (Å²) in [6.07, 6.45) is 0.315. The molecule has 4 nitrogen and oxygen atoms in total. The van der Waals surface area contributed by atoms with E-state index in [0.29, 0.717) is 13.0 Å². The van der Waals surface area contributed by atoms with Crippen LogP contribution in [0.1, 0.15) is 12.6 Å². The fourth-order valence-electron chi connectivity index (χ4n) is 1.68. The minimum absolute atomic E-state index is 0.0208. The third kappa shape index (κ3) is 4.12. The average molecular weight is 296 g/mol. The summed E-state index contributed by atoms with van der Waals surface area (Å²) in [5.74, 6) is -0.0208. The number of carbonyl (C=O) groups excluding carboxylic acids is 1. The number of ether oxygens (including phenoxy) is 1. The number of methoxy groups -OCH3 is 1. The molecule has 0 spiro atoms. The molecule has 2 aromatic heterocycles. The molecule has 0 saturated heterocycles. The van der Waals surface area contributed by atoms with Crippen molar-refractivity contribution in [1.29, 1.82) is 0 Å².